The van der Waals surface area contributed by atoms with Gasteiger partial charge in [-0.25, -0.2) is 0 Å². The average molecular weight is 242 g/mol. The zero-order valence-corrected chi connectivity index (χ0v) is 11.0. The average Bonchev–Trinajstić information content (AvgIpc) is 2.34. The fourth-order valence-corrected chi connectivity index (χ4v) is 3.37. The third-order valence-electron chi connectivity index (χ3n) is 4.26. The van der Waals surface area contributed by atoms with Crippen LogP contribution >= 0.6 is 0 Å². The summed E-state index contributed by atoms with van der Waals surface area (Å²) in [6, 6.07) is 0. The van der Waals surface area contributed by atoms with Gasteiger partial charge >= 0.3 is 0 Å². The fraction of sp³-hybridized carbons (Fsp3) is 1.00. The minimum absolute atomic E-state index is 0.311. The smallest absolute Gasteiger partial charge is 0.0900 e. The number of aliphatic hydroxyl groups excluding tert-OH is 1. The number of hydrogen-bond donors (Lipinski definition) is 2. The van der Waals surface area contributed by atoms with Crippen molar-refractivity contribution in [3.8, 4) is 0 Å². The highest BCUT2D eigenvalue weighted by Gasteiger charge is 2.40. The standard InChI is InChI=1S/C13H26N2O2/c1-17-10-12(16)9-15-8-7-14-11-13(15)5-3-2-4-6-13/h12,14,16H,2-11H2,1H3. The van der Waals surface area contributed by atoms with Crippen molar-refractivity contribution in [2.45, 2.75) is 43.7 Å². The summed E-state index contributed by atoms with van der Waals surface area (Å²) in [7, 11) is 1.65. The molecule has 0 aromatic rings. The number of ether oxygens (including phenoxy) is 1. The van der Waals surface area contributed by atoms with Crippen molar-refractivity contribution in [1.29, 1.82) is 0 Å². The van der Waals surface area contributed by atoms with Crippen LogP contribution in [0.15, 0.2) is 0 Å². The topological polar surface area (TPSA) is 44.7 Å². The predicted molar refractivity (Wildman–Crippen MR) is 68.1 cm³/mol. The minimum atomic E-state index is -0.350. The first-order valence-electron chi connectivity index (χ1n) is 6.90. The molecular weight excluding hydrogens is 216 g/mol. The van der Waals surface area contributed by atoms with E-state index < -0.39 is 0 Å². The first-order valence-corrected chi connectivity index (χ1v) is 6.90. The lowest BCUT2D eigenvalue weighted by Crippen LogP contribution is -2.63. The number of methoxy groups -OCH3 is 1. The van der Waals surface area contributed by atoms with E-state index in [1.54, 1.807) is 7.11 Å². The number of hydrogen-bond acceptors (Lipinski definition) is 4. The number of piperazine rings is 1. The molecule has 1 spiro atoms. The van der Waals surface area contributed by atoms with Crippen molar-refractivity contribution in [3.63, 3.8) is 0 Å². The normalized spacial score (nSPS) is 27.2. The van der Waals surface area contributed by atoms with Crippen molar-refractivity contribution in [2.75, 3.05) is 39.9 Å². The second kappa shape index (κ2) is 6.14. The zero-order chi connectivity index (χ0) is 12.1. The van der Waals surface area contributed by atoms with Gasteiger partial charge in [-0.15, -0.1) is 0 Å². The summed E-state index contributed by atoms with van der Waals surface area (Å²) in [6.45, 7) is 4.39. The van der Waals surface area contributed by atoms with Crippen molar-refractivity contribution in [2.24, 2.45) is 0 Å². The van der Waals surface area contributed by atoms with Crippen LogP contribution < -0.4 is 5.32 Å². The first-order chi connectivity index (χ1) is 8.27. The maximum atomic E-state index is 9.93. The molecular formula is C13H26N2O2. The molecule has 1 heterocycles. The molecule has 0 aromatic carbocycles. The summed E-state index contributed by atoms with van der Waals surface area (Å²) in [5.74, 6) is 0. The lowest BCUT2D eigenvalue weighted by molar-refractivity contribution is -0.0264. The summed E-state index contributed by atoms with van der Waals surface area (Å²) in [5, 5.41) is 13.5. The second-order valence-corrected chi connectivity index (χ2v) is 5.52. The molecule has 0 aromatic heterocycles. The zero-order valence-electron chi connectivity index (χ0n) is 11.0. The van der Waals surface area contributed by atoms with Crippen LogP contribution in [-0.2, 0) is 4.74 Å². The Morgan fingerprint density at radius 3 is 2.82 bits per heavy atom. The van der Waals surface area contributed by atoms with E-state index in [9.17, 15) is 5.11 Å². The van der Waals surface area contributed by atoms with E-state index in [0.29, 0.717) is 12.1 Å². The lowest BCUT2D eigenvalue weighted by atomic mass is 9.79. The summed E-state index contributed by atoms with van der Waals surface area (Å²) in [5.41, 5.74) is 0.311. The van der Waals surface area contributed by atoms with Crippen molar-refractivity contribution >= 4 is 0 Å². The molecule has 1 aliphatic heterocycles. The third kappa shape index (κ3) is 3.19. The van der Waals surface area contributed by atoms with Crippen LogP contribution in [0, 0.1) is 0 Å². The van der Waals surface area contributed by atoms with E-state index in [1.807, 2.05) is 0 Å². The Hall–Kier alpha value is -0.160. The molecule has 1 unspecified atom stereocenters. The number of aliphatic hydroxyl groups is 1. The molecule has 100 valence electrons. The Morgan fingerprint density at radius 2 is 2.12 bits per heavy atom. The van der Waals surface area contributed by atoms with Crippen LogP contribution in [0.3, 0.4) is 0 Å². The summed E-state index contributed by atoms with van der Waals surface area (Å²) in [4.78, 5) is 2.51. The number of nitrogens with one attached hydrogen (secondary N) is 1. The molecule has 17 heavy (non-hydrogen) atoms. The Kier molecular flexibility index (Phi) is 4.79. The first kappa shape index (κ1) is 13.3. The van der Waals surface area contributed by atoms with Gasteiger partial charge in [0.1, 0.15) is 0 Å². The van der Waals surface area contributed by atoms with E-state index in [2.05, 4.69) is 10.2 Å². The van der Waals surface area contributed by atoms with Crippen LogP contribution in [0.2, 0.25) is 0 Å². The molecule has 2 aliphatic rings. The van der Waals surface area contributed by atoms with Crippen LogP contribution in [0.1, 0.15) is 32.1 Å². The minimum Gasteiger partial charge on any atom is -0.389 e. The van der Waals surface area contributed by atoms with E-state index in [0.717, 1.165) is 26.2 Å². The monoisotopic (exact) mass is 242 g/mol. The van der Waals surface area contributed by atoms with Crippen LogP contribution in [-0.4, -0.2) is 61.5 Å². The molecule has 2 N–H and O–H groups in total. The second-order valence-electron chi connectivity index (χ2n) is 5.52. The van der Waals surface area contributed by atoms with Crippen LogP contribution in [0.4, 0.5) is 0 Å². The van der Waals surface area contributed by atoms with E-state index in [1.165, 1.54) is 32.1 Å². The van der Waals surface area contributed by atoms with Gasteiger partial charge in [0.25, 0.3) is 0 Å². The summed E-state index contributed by atoms with van der Waals surface area (Å²) in [6.07, 6.45) is 6.24. The molecule has 1 atom stereocenters. The SMILES string of the molecule is COCC(O)CN1CCNCC12CCCCC2. The van der Waals surface area contributed by atoms with Gasteiger partial charge in [-0.05, 0) is 12.8 Å². The molecule has 1 saturated heterocycles. The van der Waals surface area contributed by atoms with Gasteiger partial charge in [0.05, 0.1) is 12.7 Å². The van der Waals surface area contributed by atoms with Gasteiger partial charge in [-0.3, -0.25) is 4.90 Å². The number of nitrogens with zero attached hydrogens (tertiary/aromatic N) is 1. The Balaban J connectivity index is 1.96. The molecule has 1 aliphatic carbocycles. The van der Waals surface area contributed by atoms with Crippen molar-refractivity contribution < 1.29 is 9.84 Å². The lowest BCUT2D eigenvalue weighted by Gasteiger charge is -2.50. The van der Waals surface area contributed by atoms with Gasteiger partial charge in [0.2, 0.25) is 0 Å². The predicted octanol–water partition coefficient (Wildman–Crippen LogP) is 0.602. The van der Waals surface area contributed by atoms with Crippen LogP contribution in [0.5, 0.6) is 0 Å². The molecule has 0 bridgehead atoms. The van der Waals surface area contributed by atoms with Gasteiger partial charge in [-0.2, -0.15) is 0 Å². The molecule has 4 heteroatoms. The van der Waals surface area contributed by atoms with E-state index in [-0.39, 0.29) is 6.10 Å². The molecule has 4 nitrogen and oxygen atoms in total. The fourth-order valence-electron chi connectivity index (χ4n) is 3.37. The quantitative estimate of drug-likeness (QED) is 0.758. The highest BCUT2D eigenvalue weighted by Crippen LogP contribution is 2.34. The Bertz CT molecular complexity index is 221. The van der Waals surface area contributed by atoms with Gasteiger partial charge in [0.15, 0.2) is 0 Å². The van der Waals surface area contributed by atoms with E-state index in [4.69, 9.17) is 4.74 Å². The van der Waals surface area contributed by atoms with Crippen molar-refractivity contribution in [1.82, 2.24) is 10.2 Å². The largest absolute Gasteiger partial charge is 0.389 e. The molecule has 2 rings (SSSR count). The maximum absolute atomic E-state index is 9.93. The van der Waals surface area contributed by atoms with E-state index >= 15 is 0 Å². The van der Waals surface area contributed by atoms with Crippen molar-refractivity contribution in [3.05, 3.63) is 0 Å². The maximum Gasteiger partial charge on any atom is 0.0900 e. The number of β-amino-alcohol motifs (C(OH)–C–C–N with tert-alkyl or cyclic N) is 1. The molecule has 0 amide bonds. The number of rotatable bonds is 4. The molecule has 0 radical (unpaired) electrons. The van der Waals surface area contributed by atoms with Gasteiger partial charge in [0, 0.05) is 38.8 Å². The molecule has 1 saturated carbocycles. The van der Waals surface area contributed by atoms with Gasteiger partial charge < -0.3 is 15.2 Å². The van der Waals surface area contributed by atoms with Crippen LogP contribution in [0.25, 0.3) is 0 Å². The highest BCUT2D eigenvalue weighted by molar-refractivity contribution is 4.98. The Labute approximate surface area is 104 Å². The highest BCUT2D eigenvalue weighted by atomic mass is 16.5. The summed E-state index contributed by atoms with van der Waals surface area (Å²) < 4.78 is 5.03. The third-order valence-corrected chi connectivity index (χ3v) is 4.26. The van der Waals surface area contributed by atoms with Gasteiger partial charge in [-0.1, -0.05) is 19.3 Å². The molecule has 2 fully saturated rings. The Morgan fingerprint density at radius 1 is 1.35 bits per heavy atom. The summed E-state index contributed by atoms with van der Waals surface area (Å²) >= 11 is 0.